The van der Waals surface area contributed by atoms with Gasteiger partial charge in [0.15, 0.2) is 0 Å². The molecule has 86 valence electrons. The summed E-state index contributed by atoms with van der Waals surface area (Å²) in [6.07, 6.45) is 1.06. The number of sulfonamides is 1. The third-order valence-corrected chi connectivity index (χ3v) is 2.04. The molecule has 1 amide bonds. The Morgan fingerprint density at radius 1 is 1.40 bits per heavy atom. The van der Waals surface area contributed by atoms with Gasteiger partial charge in [-0.05, 0) is 0 Å². The Morgan fingerprint density at radius 3 is 2.60 bits per heavy atom. The average molecular weight is 234 g/mol. The molecule has 0 saturated carbocycles. The van der Waals surface area contributed by atoms with Crippen molar-refractivity contribution in [2.45, 2.75) is 0 Å². The first-order valence-corrected chi connectivity index (χ1v) is 6.14. The molecule has 0 aromatic rings. The number of carbonyl (C=O) groups is 1. The molecule has 0 aromatic carbocycles. The van der Waals surface area contributed by atoms with Crippen molar-refractivity contribution >= 4 is 15.9 Å². The Balaban J connectivity index is 3.40. The fourth-order valence-corrected chi connectivity index (χ4v) is 1.20. The number of nitrogens with one attached hydrogen (secondary N) is 3. The van der Waals surface area contributed by atoms with Crippen LogP contribution in [0.3, 0.4) is 0 Å². The van der Waals surface area contributed by atoms with Gasteiger partial charge in [-0.2, -0.15) is 5.26 Å². The van der Waals surface area contributed by atoms with E-state index in [0.29, 0.717) is 6.54 Å². The van der Waals surface area contributed by atoms with Crippen molar-refractivity contribution in [3.8, 4) is 6.07 Å². The lowest BCUT2D eigenvalue weighted by molar-refractivity contribution is -0.119. The van der Waals surface area contributed by atoms with E-state index in [0.717, 1.165) is 6.26 Å². The van der Waals surface area contributed by atoms with Crippen molar-refractivity contribution in [1.29, 1.82) is 5.26 Å². The average Bonchev–Trinajstić information content (AvgIpc) is 2.12. The number of nitrogens with zero attached hydrogens (tertiary/aromatic N) is 1. The van der Waals surface area contributed by atoms with E-state index in [1.807, 2.05) is 0 Å². The van der Waals surface area contributed by atoms with Crippen LogP contribution >= 0.6 is 0 Å². The van der Waals surface area contributed by atoms with Gasteiger partial charge in [0.2, 0.25) is 15.9 Å². The van der Waals surface area contributed by atoms with Crippen molar-refractivity contribution in [3.63, 3.8) is 0 Å². The lowest BCUT2D eigenvalue weighted by Crippen LogP contribution is -2.37. The largest absolute Gasteiger partial charge is 0.342 e. The molecule has 0 rings (SSSR count). The summed E-state index contributed by atoms with van der Waals surface area (Å²) in [5, 5.41) is 13.2. The molecule has 0 radical (unpaired) electrons. The molecule has 0 aliphatic heterocycles. The van der Waals surface area contributed by atoms with Crippen LogP contribution in [0.4, 0.5) is 0 Å². The zero-order valence-electron chi connectivity index (χ0n) is 8.41. The lowest BCUT2D eigenvalue weighted by atomic mass is 10.5. The molecule has 0 aliphatic carbocycles. The summed E-state index contributed by atoms with van der Waals surface area (Å²) < 4.78 is 23.5. The standard InChI is InChI=1S/C7H14N4O3S/c1-15(13,14)11-5-4-9-6-7(12)10-3-2-8/h9,11H,3-6H2,1H3,(H,10,12). The molecule has 15 heavy (non-hydrogen) atoms. The van der Waals surface area contributed by atoms with Crippen LogP contribution in [0.15, 0.2) is 0 Å². The molecule has 0 unspecified atom stereocenters. The molecule has 0 bridgehead atoms. The Bertz CT molecular complexity index is 333. The topological polar surface area (TPSA) is 111 Å². The van der Waals surface area contributed by atoms with E-state index in [9.17, 15) is 13.2 Å². The summed E-state index contributed by atoms with van der Waals surface area (Å²) in [5.74, 6) is -0.295. The summed E-state index contributed by atoms with van der Waals surface area (Å²) in [4.78, 5) is 10.9. The zero-order valence-corrected chi connectivity index (χ0v) is 9.23. The normalized spacial score (nSPS) is 10.7. The van der Waals surface area contributed by atoms with Gasteiger partial charge in [0.25, 0.3) is 0 Å². The minimum Gasteiger partial charge on any atom is -0.342 e. The van der Waals surface area contributed by atoms with Gasteiger partial charge < -0.3 is 10.6 Å². The van der Waals surface area contributed by atoms with Gasteiger partial charge >= 0.3 is 0 Å². The summed E-state index contributed by atoms with van der Waals surface area (Å²) in [5.41, 5.74) is 0. The molecular weight excluding hydrogens is 220 g/mol. The molecule has 3 N–H and O–H groups in total. The smallest absolute Gasteiger partial charge is 0.234 e. The number of rotatable bonds is 7. The molecule has 0 fully saturated rings. The first kappa shape index (κ1) is 13.8. The van der Waals surface area contributed by atoms with Gasteiger partial charge in [-0.3, -0.25) is 4.79 Å². The second kappa shape index (κ2) is 7.17. The van der Waals surface area contributed by atoms with Crippen molar-refractivity contribution < 1.29 is 13.2 Å². The maximum absolute atomic E-state index is 10.9. The fourth-order valence-electron chi connectivity index (χ4n) is 0.727. The van der Waals surface area contributed by atoms with Crippen molar-refractivity contribution in [3.05, 3.63) is 0 Å². The minimum atomic E-state index is -3.17. The van der Waals surface area contributed by atoms with E-state index in [2.05, 4.69) is 15.4 Å². The van der Waals surface area contributed by atoms with E-state index < -0.39 is 10.0 Å². The Kier molecular flexibility index (Phi) is 6.61. The molecule has 0 aliphatic rings. The number of carbonyl (C=O) groups excluding carboxylic acids is 1. The van der Waals surface area contributed by atoms with Gasteiger partial charge in [0, 0.05) is 13.1 Å². The van der Waals surface area contributed by atoms with Gasteiger partial charge in [-0.15, -0.1) is 0 Å². The number of amides is 1. The minimum absolute atomic E-state index is 0.0257. The van der Waals surface area contributed by atoms with Crippen molar-refractivity contribution in [2.24, 2.45) is 0 Å². The highest BCUT2D eigenvalue weighted by molar-refractivity contribution is 7.88. The van der Waals surface area contributed by atoms with Crippen molar-refractivity contribution in [2.75, 3.05) is 32.4 Å². The van der Waals surface area contributed by atoms with Crippen LogP contribution < -0.4 is 15.4 Å². The summed E-state index contributed by atoms with van der Waals surface area (Å²) >= 11 is 0. The lowest BCUT2D eigenvalue weighted by Gasteiger charge is -2.04. The molecule has 0 aromatic heterocycles. The third kappa shape index (κ3) is 10.8. The van der Waals surface area contributed by atoms with Gasteiger partial charge in [0.05, 0.1) is 18.9 Å². The van der Waals surface area contributed by atoms with Crippen LogP contribution in [0.1, 0.15) is 0 Å². The summed E-state index contributed by atoms with van der Waals surface area (Å²) in [7, 11) is -3.17. The summed E-state index contributed by atoms with van der Waals surface area (Å²) in [6, 6.07) is 1.77. The van der Waals surface area contributed by atoms with E-state index in [1.165, 1.54) is 0 Å². The van der Waals surface area contributed by atoms with Crippen LogP contribution in [0.5, 0.6) is 0 Å². The Labute approximate surface area is 88.9 Å². The highest BCUT2D eigenvalue weighted by Gasteiger charge is 2.00. The van der Waals surface area contributed by atoms with E-state index in [-0.39, 0.29) is 25.5 Å². The van der Waals surface area contributed by atoms with Crippen LogP contribution in [0.25, 0.3) is 0 Å². The maximum atomic E-state index is 10.9. The van der Waals surface area contributed by atoms with Gasteiger partial charge in [-0.1, -0.05) is 0 Å². The maximum Gasteiger partial charge on any atom is 0.234 e. The Morgan fingerprint density at radius 2 is 2.07 bits per heavy atom. The third-order valence-electron chi connectivity index (χ3n) is 1.32. The first-order chi connectivity index (χ1) is 6.95. The van der Waals surface area contributed by atoms with E-state index >= 15 is 0 Å². The predicted molar refractivity (Wildman–Crippen MR) is 54.3 cm³/mol. The molecule has 0 saturated heterocycles. The SMILES string of the molecule is CS(=O)(=O)NCCNCC(=O)NCC#N. The predicted octanol–water partition coefficient (Wildman–Crippen LogP) is -2.24. The fraction of sp³-hybridized carbons (Fsp3) is 0.714. The number of hydrogen-bond acceptors (Lipinski definition) is 5. The van der Waals surface area contributed by atoms with Gasteiger partial charge in [-0.25, -0.2) is 13.1 Å². The molecule has 7 nitrogen and oxygen atoms in total. The quantitative estimate of drug-likeness (QED) is 0.341. The second-order valence-electron chi connectivity index (χ2n) is 2.78. The number of hydrogen-bond donors (Lipinski definition) is 3. The molecule has 0 heterocycles. The van der Waals surface area contributed by atoms with E-state index in [4.69, 9.17) is 5.26 Å². The monoisotopic (exact) mass is 234 g/mol. The number of nitriles is 1. The highest BCUT2D eigenvalue weighted by Crippen LogP contribution is 1.71. The van der Waals surface area contributed by atoms with E-state index in [1.54, 1.807) is 6.07 Å². The summed E-state index contributed by atoms with van der Waals surface area (Å²) in [6.45, 7) is 0.618. The van der Waals surface area contributed by atoms with Crippen molar-refractivity contribution in [1.82, 2.24) is 15.4 Å². The molecular formula is C7H14N4O3S. The second-order valence-corrected chi connectivity index (χ2v) is 4.61. The highest BCUT2D eigenvalue weighted by atomic mass is 32.2. The van der Waals surface area contributed by atoms with Crippen LogP contribution in [0, 0.1) is 11.3 Å². The van der Waals surface area contributed by atoms with Gasteiger partial charge in [0.1, 0.15) is 6.54 Å². The first-order valence-electron chi connectivity index (χ1n) is 4.24. The zero-order chi connectivity index (χ0) is 11.7. The van der Waals surface area contributed by atoms with Crippen LogP contribution in [-0.4, -0.2) is 46.8 Å². The molecule has 0 atom stereocenters. The molecule has 0 spiro atoms. The Hall–Kier alpha value is -1.17. The van der Waals surface area contributed by atoms with Crippen LogP contribution in [0.2, 0.25) is 0 Å². The molecule has 8 heteroatoms. The van der Waals surface area contributed by atoms with Crippen LogP contribution in [-0.2, 0) is 14.8 Å².